The number of hydrogen-bond donors (Lipinski definition) is 1. The number of aromatic nitrogens is 1. The Morgan fingerprint density at radius 1 is 1.18 bits per heavy atom. The van der Waals surface area contributed by atoms with E-state index in [4.69, 9.17) is 5.73 Å². The molecule has 0 bridgehead atoms. The van der Waals surface area contributed by atoms with E-state index in [-0.39, 0.29) is 11.9 Å². The van der Waals surface area contributed by atoms with Crippen LogP contribution in [-0.4, -0.2) is 4.98 Å². The standard InChI is InChI=1S/C14H15FN2/c1-9-8-11(6-7-12(9)15)14(16)13-5-3-4-10(2)17-13/h3-8,14H,16H2,1-2H3. The predicted octanol–water partition coefficient (Wildman–Crippen LogP) is 2.89. The summed E-state index contributed by atoms with van der Waals surface area (Å²) in [6.45, 7) is 3.65. The summed E-state index contributed by atoms with van der Waals surface area (Å²) in [7, 11) is 0. The zero-order chi connectivity index (χ0) is 12.4. The SMILES string of the molecule is Cc1cccc(C(N)c2ccc(F)c(C)c2)n1. The zero-order valence-electron chi connectivity index (χ0n) is 9.94. The lowest BCUT2D eigenvalue weighted by Crippen LogP contribution is -2.14. The van der Waals surface area contributed by atoms with E-state index in [2.05, 4.69) is 4.98 Å². The van der Waals surface area contributed by atoms with Gasteiger partial charge >= 0.3 is 0 Å². The van der Waals surface area contributed by atoms with Crippen LogP contribution >= 0.6 is 0 Å². The second-order valence-electron chi connectivity index (χ2n) is 4.19. The number of aryl methyl sites for hydroxylation is 2. The Morgan fingerprint density at radius 3 is 2.59 bits per heavy atom. The molecule has 1 aromatic heterocycles. The molecule has 0 radical (unpaired) electrons. The maximum atomic E-state index is 13.2. The summed E-state index contributed by atoms with van der Waals surface area (Å²) in [5.41, 5.74) is 9.33. The quantitative estimate of drug-likeness (QED) is 0.861. The molecule has 1 heterocycles. The fourth-order valence-electron chi connectivity index (χ4n) is 1.77. The van der Waals surface area contributed by atoms with Crippen LogP contribution in [0.1, 0.15) is 28.6 Å². The molecular formula is C14H15FN2. The third kappa shape index (κ3) is 2.50. The van der Waals surface area contributed by atoms with Crippen molar-refractivity contribution >= 4 is 0 Å². The van der Waals surface area contributed by atoms with Crippen molar-refractivity contribution in [3.63, 3.8) is 0 Å². The van der Waals surface area contributed by atoms with Crippen molar-refractivity contribution < 1.29 is 4.39 Å². The Bertz CT molecular complexity index is 537. The van der Waals surface area contributed by atoms with Crippen molar-refractivity contribution in [3.8, 4) is 0 Å². The van der Waals surface area contributed by atoms with Crippen molar-refractivity contribution in [2.45, 2.75) is 19.9 Å². The van der Waals surface area contributed by atoms with Gasteiger partial charge in [0.25, 0.3) is 0 Å². The van der Waals surface area contributed by atoms with Crippen LogP contribution < -0.4 is 5.73 Å². The molecule has 1 aromatic carbocycles. The van der Waals surface area contributed by atoms with Gasteiger partial charge in [-0.15, -0.1) is 0 Å². The summed E-state index contributed by atoms with van der Waals surface area (Å²) >= 11 is 0. The number of pyridine rings is 1. The number of nitrogens with zero attached hydrogens (tertiary/aromatic N) is 1. The van der Waals surface area contributed by atoms with Gasteiger partial charge in [0.1, 0.15) is 5.82 Å². The van der Waals surface area contributed by atoms with Crippen molar-refractivity contribution in [1.82, 2.24) is 4.98 Å². The van der Waals surface area contributed by atoms with Gasteiger partial charge in [0.2, 0.25) is 0 Å². The first kappa shape index (κ1) is 11.7. The summed E-state index contributed by atoms with van der Waals surface area (Å²) in [6, 6.07) is 10.3. The van der Waals surface area contributed by atoms with E-state index in [1.165, 1.54) is 6.07 Å². The van der Waals surface area contributed by atoms with Crippen LogP contribution in [0.2, 0.25) is 0 Å². The van der Waals surface area contributed by atoms with E-state index >= 15 is 0 Å². The molecule has 2 nitrogen and oxygen atoms in total. The van der Waals surface area contributed by atoms with Gasteiger partial charge < -0.3 is 5.73 Å². The average Bonchev–Trinajstić information content (AvgIpc) is 2.32. The number of benzene rings is 1. The fourth-order valence-corrected chi connectivity index (χ4v) is 1.77. The Balaban J connectivity index is 2.36. The number of halogens is 1. The molecule has 0 spiro atoms. The lowest BCUT2D eigenvalue weighted by molar-refractivity contribution is 0.616. The van der Waals surface area contributed by atoms with Crippen LogP contribution in [0.5, 0.6) is 0 Å². The summed E-state index contributed by atoms with van der Waals surface area (Å²) in [6.07, 6.45) is 0. The maximum absolute atomic E-state index is 13.2. The van der Waals surface area contributed by atoms with Crippen LogP contribution in [-0.2, 0) is 0 Å². The highest BCUT2D eigenvalue weighted by molar-refractivity contribution is 5.31. The van der Waals surface area contributed by atoms with Crippen molar-refractivity contribution in [2.75, 3.05) is 0 Å². The first-order valence-electron chi connectivity index (χ1n) is 5.53. The third-order valence-electron chi connectivity index (χ3n) is 2.77. The molecule has 2 N–H and O–H groups in total. The molecule has 3 heteroatoms. The predicted molar refractivity (Wildman–Crippen MR) is 66.1 cm³/mol. The van der Waals surface area contributed by atoms with E-state index < -0.39 is 0 Å². The zero-order valence-corrected chi connectivity index (χ0v) is 9.94. The summed E-state index contributed by atoms with van der Waals surface area (Å²) in [5.74, 6) is -0.210. The van der Waals surface area contributed by atoms with Crippen molar-refractivity contribution in [2.24, 2.45) is 5.73 Å². The molecule has 0 saturated carbocycles. The van der Waals surface area contributed by atoms with Crippen LogP contribution in [0.25, 0.3) is 0 Å². The van der Waals surface area contributed by atoms with Gasteiger partial charge in [-0.25, -0.2) is 4.39 Å². The normalized spacial score (nSPS) is 12.5. The molecular weight excluding hydrogens is 215 g/mol. The van der Waals surface area contributed by atoms with E-state index in [9.17, 15) is 4.39 Å². The summed E-state index contributed by atoms with van der Waals surface area (Å²) in [5, 5.41) is 0. The van der Waals surface area contributed by atoms with Crippen LogP contribution in [0.3, 0.4) is 0 Å². The molecule has 1 unspecified atom stereocenters. The van der Waals surface area contributed by atoms with E-state index in [0.29, 0.717) is 5.56 Å². The van der Waals surface area contributed by atoms with Crippen LogP contribution in [0.15, 0.2) is 36.4 Å². The van der Waals surface area contributed by atoms with Crippen molar-refractivity contribution in [1.29, 1.82) is 0 Å². The van der Waals surface area contributed by atoms with Gasteiger partial charge in [-0.2, -0.15) is 0 Å². The highest BCUT2D eigenvalue weighted by atomic mass is 19.1. The van der Waals surface area contributed by atoms with Crippen LogP contribution in [0.4, 0.5) is 4.39 Å². The second-order valence-corrected chi connectivity index (χ2v) is 4.19. The lowest BCUT2D eigenvalue weighted by Gasteiger charge is -2.13. The first-order chi connectivity index (χ1) is 8.08. The molecule has 88 valence electrons. The first-order valence-corrected chi connectivity index (χ1v) is 5.53. The van der Waals surface area contributed by atoms with Gasteiger partial charge in [0.15, 0.2) is 0 Å². The monoisotopic (exact) mass is 230 g/mol. The smallest absolute Gasteiger partial charge is 0.126 e. The average molecular weight is 230 g/mol. The second kappa shape index (κ2) is 4.63. The minimum Gasteiger partial charge on any atom is -0.319 e. The topological polar surface area (TPSA) is 38.9 Å². The summed E-state index contributed by atoms with van der Waals surface area (Å²) in [4.78, 5) is 4.38. The third-order valence-corrected chi connectivity index (χ3v) is 2.77. The Hall–Kier alpha value is -1.74. The molecule has 0 aliphatic carbocycles. The van der Waals surface area contributed by atoms with Crippen LogP contribution in [0, 0.1) is 19.7 Å². The lowest BCUT2D eigenvalue weighted by atomic mass is 10.0. The van der Waals surface area contributed by atoms with Gasteiger partial charge in [0, 0.05) is 5.69 Å². The number of hydrogen-bond acceptors (Lipinski definition) is 2. The molecule has 2 rings (SSSR count). The molecule has 17 heavy (non-hydrogen) atoms. The molecule has 2 aromatic rings. The summed E-state index contributed by atoms with van der Waals surface area (Å²) < 4.78 is 13.2. The number of rotatable bonds is 2. The molecule has 0 saturated heterocycles. The minimum atomic E-state index is -0.311. The largest absolute Gasteiger partial charge is 0.319 e. The fraction of sp³-hybridized carbons (Fsp3) is 0.214. The van der Waals surface area contributed by atoms with E-state index in [1.807, 2.05) is 25.1 Å². The van der Waals surface area contributed by atoms with E-state index in [1.54, 1.807) is 19.1 Å². The molecule has 0 aliphatic rings. The van der Waals surface area contributed by atoms with Gasteiger partial charge in [-0.3, -0.25) is 4.98 Å². The Morgan fingerprint density at radius 2 is 1.94 bits per heavy atom. The molecule has 0 amide bonds. The maximum Gasteiger partial charge on any atom is 0.126 e. The Kier molecular flexibility index (Phi) is 3.20. The highest BCUT2D eigenvalue weighted by Crippen LogP contribution is 2.20. The van der Waals surface area contributed by atoms with Gasteiger partial charge in [-0.1, -0.05) is 18.2 Å². The highest BCUT2D eigenvalue weighted by Gasteiger charge is 2.11. The molecule has 0 aliphatic heterocycles. The van der Waals surface area contributed by atoms with Gasteiger partial charge in [0.05, 0.1) is 11.7 Å². The van der Waals surface area contributed by atoms with E-state index in [0.717, 1.165) is 17.0 Å². The molecule has 1 atom stereocenters. The Labute approximate surface area is 100 Å². The number of nitrogens with two attached hydrogens (primary N) is 1. The molecule has 0 fully saturated rings. The van der Waals surface area contributed by atoms with Crippen molar-refractivity contribution in [3.05, 3.63) is 64.7 Å². The van der Waals surface area contributed by atoms with Gasteiger partial charge in [-0.05, 0) is 43.2 Å². The minimum absolute atomic E-state index is 0.210.